The number of anilines is 1. The van der Waals surface area contributed by atoms with E-state index in [0.29, 0.717) is 6.42 Å². The predicted octanol–water partition coefficient (Wildman–Crippen LogP) is 3.06. The van der Waals surface area contributed by atoms with Crippen molar-refractivity contribution in [2.45, 2.75) is 32.4 Å². The van der Waals surface area contributed by atoms with Gasteiger partial charge in [0, 0.05) is 37.4 Å². The molecular weight excluding hydrogens is 274 g/mol. The van der Waals surface area contributed by atoms with Crippen molar-refractivity contribution < 1.29 is 4.79 Å². The Hall–Kier alpha value is -2.20. The van der Waals surface area contributed by atoms with Crippen molar-refractivity contribution in [2.75, 3.05) is 11.4 Å². The van der Waals surface area contributed by atoms with Crippen LogP contribution >= 0.6 is 0 Å². The molecule has 2 aromatic rings. The van der Waals surface area contributed by atoms with Gasteiger partial charge >= 0.3 is 0 Å². The van der Waals surface area contributed by atoms with E-state index in [4.69, 9.17) is 0 Å². The second-order valence-electron chi connectivity index (χ2n) is 5.67. The Morgan fingerprint density at radius 1 is 1.23 bits per heavy atom. The molecule has 0 aliphatic carbocycles. The Balaban J connectivity index is 1.58. The normalized spacial score (nSPS) is 16.0. The number of hydrogen-bond donors (Lipinski definition) is 1. The summed E-state index contributed by atoms with van der Waals surface area (Å²) in [5.41, 5.74) is 3.25. The molecule has 1 aromatic carbocycles. The van der Waals surface area contributed by atoms with Gasteiger partial charge in [0.1, 0.15) is 0 Å². The van der Waals surface area contributed by atoms with Crippen molar-refractivity contribution in [2.24, 2.45) is 0 Å². The summed E-state index contributed by atoms with van der Waals surface area (Å²) in [6.07, 6.45) is 3.45. The molecule has 2 heterocycles. The molecule has 1 N–H and O–H groups in total. The third kappa shape index (κ3) is 3.34. The summed E-state index contributed by atoms with van der Waals surface area (Å²) in [6, 6.07) is 14.4. The molecule has 1 aliphatic rings. The molecule has 1 amide bonds. The first-order chi connectivity index (χ1) is 10.7. The fourth-order valence-corrected chi connectivity index (χ4v) is 2.72. The lowest BCUT2D eigenvalue weighted by atomic mass is 10.1. The highest BCUT2D eigenvalue weighted by atomic mass is 16.2. The van der Waals surface area contributed by atoms with E-state index in [1.54, 1.807) is 0 Å². The number of hydrogen-bond acceptors (Lipinski definition) is 3. The van der Waals surface area contributed by atoms with E-state index in [-0.39, 0.29) is 11.9 Å². The predicted molar refractivity (Wildman–Crippen MR) is 87.5 cm³/mol. The first-order valence-corrected chi connectivity index (χ1v) is 7.77. The van der Waals surface area contributed by atoms with Gasteiger partial charge < -0.3 is 10.2 Å². The van der Waals surface area contributed by atoms with E-state index in [1.165, 1.54) is 5.56 Å². The zero-order valence-corrected chi connectivity index (χ0v) is 12.8. The minimum Gasteiger partial charge on any atom is -0.312 e. The smallest absolute Gasteiger partial charge is 0.227 e. The maximum Gasteiger partial charge on any atom is 0.227 e. The first-order valence-electron chi connectivity index (χ1n) is 7.77. The van der Waals surface area contributed by atoms with E-state index in [1.807, 2.05) is 41.4 Å². The zero-order chi connectivity index (χ0) is 15.4. The molecule has 1 saturated heterocycles. The quantitative estimate of drug-likeness (QED) is 0.922. The largest absolute Gasteiger partial charge is 0.312 e. The summed E-state index contributed by atoms with van der Waals surface area (Å²) in [4.78, 5) is 18.0. The molecule has 4 heteroatoms. The lowest BCUT2D eigenvalue weighted by Crippen LogP contribution is -2.23. The number of pyridine rings is 1. The molecule has 0 radical (unpaired) electrons. The fourth-order valence-electron chi connectivity index (χ4n) is 2.72. The molecule has 0 bridgehead atoms. The van der Waals surface area contributed by atoms with Crippen molar-refractivity contribution in [3.63, 3.8) is 0 Å². The van der Waals surface area contributed by atoms with Gasteiger partial charge in [-0.05, 0) is 43.2 Å². The Bertz CT molecular complexity index is 625. The Morgan fingerprint density at radius 3 is 2.68 bits per heavy atom. The van der Waals surface area contributed by atoms with Gasteiger partial charge in [-0.3, -0.25) is 9.78 Å². The maximum absolute atomic E-state index is 11.7. The van der Waals surface area contributed by atoms with Crippen LogP contribution in [-0.4, -0.2) is 17.4 Å². The van der Waals surface area contributed by atoms with E-state index in [0.717, 1.165) is 30.9 Å². The first kappa shape index (κ1) is 14.7. The number of benzene rings is 1. The van der Waals surface area contributed by atoms with E-state index >= 15 is 0 Å². The highest BCUT2D eigenvalue weighted by Gasteiger charge is 2.21. The van der Waals surface area contributed by atoms with Crippen LogP contribution in [0.15, 0.2) is 48.7 Å². The van der Waals surface area contributed by atoms with Gasteiger partial charge in [0.25, 0.3) is 0 Å². The van der Waals surface area contributed by atoms with E-state index in [9.17, 15) is 4.79 Å². The number of nitrogens with one attached hydrogen (secondary N) is 1. The Kier molecular flexibility index (Phi) is 4.49. The van der Waals surface area contributed by atoms with Crippen molar-refractivity contribution in [3.05, 3.63) is 59.9 Å². The topological polar surface area (TPSA) is 45.2 Å². The third-order valence-electron chi connectivity index (χ3n) is 4.07. The average molecular weight is 295 g/mol. The number of nitrogens with zero attached hydrogens (tertiary/aromatic N) is 2. The number of aromatic nitrogens is 1. The summed E-state index contributed by atoms with van der Waals surface area (Å²) >= 11 is 0. The summed E-state index contributed by atoms with van der Waals surface area (Å²) in [5.74, 6) is 0.231. The van der Waals surface area contributed by atoms with Crippen molar-refractivity contribution in [1.82, 2.24) is 10.3 Å². The minimum absolute atomic E-state index is 0.209. The molecule has 22 heavy (non-hydrogen) atoms. The second kappa shape index (κ2) is 6.71. The second-order valence-corrected chi connectivity index (χ2v) is 5.67. The van der Waals surface area contributed by atoms with Gasteiger partial charge in [0.15, 0.2) is 0 Å². The summed E-state index contributed by atoms with van der Waals surface area (Å²) in [5, 5.41) is 3.47. The van der Waals surface area contributed by atoms with Gasteiger partial charge in [-0.25, -0.2) is 0 Å². The molecule has 1 fully saturated rings. The molecule has 0 saturated carbocycles. The van der Waals surface area contributed by atoms with Crippen LogP contribution in [0, 0.1) is 0 Å². The molecule has 1 atom stereocenters. The van der Waals surface area contributed by atoms with Crippen LogP contribution in [0.5, 0.6) is 0 Å². The molecule has 1 aliphatic heterocycles. The Morgan fingerprint density at radius 2 is 2.05 bits per heavy atom. The van der Waals surface area contributed by atoms with Crippen LogP contribution in [0.1, 0.15) is 37.1 Å². The molecular formula is C18H21N3O. The van der Waals surface area contributed by atoms with Crippen molar-refractivity contribution >= 4 is 11.6 Å². The molecule has 1 unspecified atom stereocenters. The van der Waals surface area contributed by atoms with Crippen LogP contribution in [0.2, 0.25) is 0 Å². The lowest BCUT2D eigenvalue weighted by molar-refractivity contribution is -0.117. The summed E-state index contributed by atoms with van der Waals surface area (Å²) in [7, 11) is 0. The monoisotopic (exact) mass is 295 g/mol. The number of carbonyl (C=O) groups is 1. The number of carbonyl (C=O) groups excluding carboxylic acids is 1. The van der Waals surface area contributed by atoms with Gasteiger partial charge in [-0.1, -0.05) is 18.2 Å². The third-order valence-corrected chi connectivity index (χ3v) is 4.07. The summed E-state index contributed by atoms with van der Waals surface area (Å²) < 4.78 is 0. The molecule has 3 rings (SSSR count). The molecule has 0 spiro atoms. The van der Waals surface area contributed by atoms with Crippen LogP contribution < -0.4 is 10.2 Å². The standard InChI is InChI=1S/C18H21N3O/c1-14(17-5-2-3-11-19-17)20-13-15-7-9-16(10-8-15)21-12-4-6-18(21)22/h2-3,5,7-11,14,20H,4,6,12-13H2,1H3. The highest BCUT2D eigenvalue weighted by molar-refractivity contribution is 5.95. The van der Waals surface area contributed by atoms with Gasteiger partial charge in [-0.2, -0.15) is 0 Å². The van der Waals surface area contributed by atoms with Crippen LogP contribution in [0.25, 0.3) is 0 Å². The molecule has 114 valence electrons. The number of rotatable bonds is 5. The van der Waals surface area contributed by atoms with Crippen LogP contribution in [-0.2, 0) is 11.3 Å². The van der Waals surface area contributed by atoms with Crippen molar-refractivity contribution in [1.29, 1.82) is 0 Å². The highest BCUT2D eigenvalue weighted by Crippen LogP contribution is 2.21. The maximum atomic E-state index is 11.7. The van der Waals surface area contributed by atoms with Crippen LogP contribution in [0.3, 0.4) is 0 Å². The van der Waals surface area contributed by atoms with E-state index in [2.05, 4.69) is 29.4 Å². The zero-order valence-electron chi connectivity index (χ0n) is 12.8. The van der Waals surface area contributed by atoms with Gasteiger partial charge in [-0.15, -0.1) is 0 Å². The number of amides is 1. The Labute approximate surface area is 131 Å². The molecule has 1 aromatic heterocycles. The average Bonchev–Trinajstić information content (AvgIpc) is 3.00. The SMILES string of the molecule is CC(NCc1ccc(N2CCCC2=O)cc1)c1ccccn1. The fraction of sp³-hybridized carbons (Fsp3) is 0.333. The van der Waals surface area contributed by atoms with Crippen LogP contribution in [0.4, 0.5) is 5.69 Å². The van der Waals surface area contributed by atoms with Crippen molar-refractivity contribution in [3.8, 4) is 0 Å². The lowest BCUT2D eigenvalue weighted by Gasteiger charge is -2.17. The van der Waals surface area contributed by atoms with E-state index < -0.39 is 0 Å². The minimum atomic E-state index is 0.209. The van der Waals surface area contributed by atoms with Gasteiger partial charge in [0.05, 0.1) is 5.69 Å². The van der Waals surface area contributed by atoms with Gasteiger partial charge in [0.2, 0.25) is 5.91 Å². The summed E-state index contributed by atoms with van der Waals surface area (Å²) in [6.45, 7) is 3.73. The molecule has 4 nitrogen and oxygen atoms in total.